The van der Waals surface area contributed by atoms with Crippen molar-refractivity contribution in [2.24, 2.45) is 0 Å². The van der Waals surface area contributed by atoms with Crippen LogP contribution in [0.1, 0.15) is 12.5 Å². The molecule has 0 atom stereocenters. The number of hydrogen-bond acceptors (Lipinski definition) is 2. The first-order valence-electron chi connectivity index (χ1n) is 4.67. The first-order chi connectivity index (χ1) is 6.25. The van der Waals surface area contributed by atoms with E-state index in [4.69, 9.17) is 12.6 Å². The number of pyridine rings is 1. The molecule has 0 aromatic carbocycles. The van der Waals surface area contributed by atoms with Crippen molar-refractivity contribution in [3.05, 3.63) is 22.3 Å². The first-order valence-corrected chi connectivity index (χ1v) is 2.97. The van der Waals surface area contributed by atoms with Crippen LogP contribution in [0.4, 0.5) is 5.82 Å². The van der Waals surface area contributed by atoms with Gasteiger partial charge < -0.3 is 5.73 Å². The highest BCUT2D eigenvalue weighted by molar-refractivity contribution is 9.10. The van der Waals surface area contributed by atoms with E-state index in [1.807, 2.05) is 0 Å². The molecule has 0 saturated carbocycles. The highest BCUT2D eigenvalue weighted by Gasteiger charge is 1.90. The SMILES string of the molecule is [2H]c1c(N)nc(C([2H])([2H])[2H])c([2H])c1Br. The third kappa shape index (κ3) is 1.68. The van der Waals surface area contributed by atoms with Crippen LogP contribution in [0.15, 0.2) is 16.6 Å². The van der Waals surface area contributed by atoms with E-state index in [2.05, 4.69) is 20.9 Å². The monoisotopic (exact) mass is 191 g/mol. The minimum atomic E-state index is -2.48. The smallest absolute Gasteiger partial charge is 0.124 e. The number of aryl methyl sites for hydroxylation is 1. The van der Waals surface area contributed by atoms with Crippen LogP contribution in [0.5, 0.6) is 0 Å². The summed E-state index contributed by atoms with van der Waals surface area (Å²) in [5.74, 6) is -0.195. The van der Waals surface area contributed by atoms with Crippen molar-refractivity contribution < 1.29 is 6.85 Å². The van der Waals surface area contributed by atoms with Crippen LogP contribution < -0.4 is 5.73 Å². The summed E-state index contributed by atoms with van der Waals surface area (Å²) in [7, 11) is 0. The lowest BCUT2D eigenvalue weighted by molar-refractivity contribution is 1.20. The Bertz CT molecular complexity index is 375. The second kappa shape index (κ2) is 2.35. The van der Waals surface area contributed by atoms with Crippen molar-refractivity contribution in [1.29, 1.82) is 0 Å². The number of nitrogen functional groups attached to an aromatic ring is 1. The molecule has 2 N–H and O–H groups in total. The third-order valence-corrected chi connectivity index (χ3v) is 1.09. The van der Waals surface area contributed by atoms with Gasteiger partial charge in [0.25, 0.3) is 0 Å². The van der Waals surface area contributed by atoms with Crippen molar-refractivity contribution in [3.63, 3.8) is 0 Å². The Balaban J connectivity index is 3.49. The molecule has 1 rings (SSSR count). The van der Waals surface area contributed by atoms with Gasteiger partial charge in [0, 0.05) is 14.3 Å². The van der Waals surface area contributed by atoms with Gasteiger partial charge in [-0.3, -0.25) is 0 Å². The number of nitrogens with zero attached hydrogens (tertiary/aromatic N) is 1. The van der Waals surface area contributed by atoms with Crippen molar-refractivity contribution in [2.45, 2.75) is 6.85 Å². The lowest BCUT2D eigenvalue weighted by Crippen LogP contribution is -1.90. The van der Waals surface area contributed by atoms with Crippen molar-refractivity contribution in [1.82, 2.24) is 4.98 Å². The number of aromatic nitrogens is 1. The maximum absolute atomic E-state index is 7.44. The van der Waals surface area contributed by atoms with Crippen LogP contribution in [-0.4, -0.2) is 4.98 Å². The number of rotatable bonds is 0. The molecular weight excluding hydrogens is 180 g/mol. The molecule has 1 heterocycles. The van der Waals surface area contributed by atoms with E-state index < -0.39 is 12.5 Å². The molecule has 9 heavy (non-hydrogen) atoms. The molecule has 0 fully saturated rings. The van der Waals surface area contributed by atoms with Gasteiger partial charge in [-0.25, -0.2) is 4.98 Å². The molecule has 1 aromatic rings. The van der Waals surface area contributed by atoms with Gasteiger partial charge in [0.15, 0.2) is 0 Å². The average Bonchev–Trinajstić information content (AvgIpc) is 2.06. The zero-order valence-electron chi connectivity index (χ0n) is 9.40. The maximum Gasteiger partial charge on any atom is 0.124 e. The number of halogens is 1. The Kier molecular flexibility index (Phi) is 0.674. The standard InChI is InChI=1S/C6H7BrN2/c1-4-2-5(7)3-6(8)9-4/h2-3H,1H3,(H2,8,9)/i1D3,2D,3D. The average molecular weight is 192 g/mol. The molecular formula is C6H7BrN2. The van der Waals surface area contributed by atoms with Gasteiger partial charge in [-0.1, -0.05) is 15.9 Å². The minimum Gasteiger partial charge on any atom is -0.384 e. The largest absolute Gasteiger partial charge is 0.384 e. The molecule has 0 aliphatic carbocycles. The van der Waals surface area contributed by atoms with Crippen LogP contribution in [0.25, 0.3) is 0 Å². The predicted molar refractivity (Wildman–Crippen MR) is 41.1 cm³/mol. The molecule has 0 bridgehead atoms. The predicted octanol–water partition coefficient (Wildman–Crippen LogP) is 1.73. The third-order valence-electron chi connectivity index (χ3n) is 0.698. The number of hydrogen-bond donors (Lipinski definition) is 1. The molecule has 48 valence electrons. The molecule has 0 aliphatic heterocycles. The summed E-state index contributed by atoms with van der Waals surface area (Å²) < 4.78 is 36.1. The highest BCUT2D eigenvalue weighted by Crippen LogP contribution is 2.12. The summed E-state index contributed by atoms with van der Waals surface area (Å²) in [6, 6.07) is -0.479. The van der Waals surface area contributed by atoms with Gasteiger partial charge in [-0.05, 0) is 18.9 Å². The Morgan fingerprint density at radius 1 is 1.89 bits per heavy atom. The lowest BCUT2D eigenvalue weighted by atomic mass is 10.4. The van der Waals surface area contributed by atoms with Gasteiger partial charge in [-0.15, -0.1) is 0 Å². The second-order valence-corrected chi connectivity index (χ2v) is 2.20. The fourth-order valence-electron chi connectivity index (χ4n) is 0.424. The zero-order valence-corrected chi connectivity index (χ0v) is 5.99. The normalized spacial score (nSPS) is 19.0. The van der Waals surface area contributed by atoms with E-state index >= 15 is 0 Å². The summed E-state index contributed by atoms with van der Waals surface area (Å²) in [5.41, 5.74) is 4.93. The Labute approximate surface area is 69.2 Å². The first kappa shape index (κ1) is 2.58. The minimum absolute atomic E-state index is 0.0520. The van der Waals surface area contributed by atoms with Crippen molar-refractivity contribution in [2.75, 3.05) is 5.73 Å². The van der Waals surface area contributed by atoms with E-state index in [0.717, 1.165) is 0 Å². The summed E-state index contributed by atoms with van der Waals surface area (Å²) >= 11 is 2.93. The quantitative estimate of drug-likeness (QED) is 0.679. The van der Waals surface area contributed by atoms with Crippen LogP contribution >= 0.6 is 15.9 Å². The van der Waals surface area contributed by atoms with Gasteiger partial charge in [0.05, 0.1) is 2.74 Å². The van der Waals surface area contributed by atoms with Crippen LogP contribution in [0.2, 0.25) is 0 Å². The van der Waals surface area contributed by atoms with Crippen molar-refractivity contribution >= 4 is 21.7 Å². The highest BCUT2D eigenvalue weighted by atomic mass is 79.9. The van der Waals surface area contributed by atoms with Gasteiger partial charge in [-0.2, -0.15) is 0 Å². The maximum atomic E-state index is 7.44. The fraction of sp³-hybridized carbons (Fsp3) is 0.167. The molecule has 0 radical (unpaired) electrons. The van der Waals surface area contributed by atoms with E-state index in [-0.39, 0.29) is 22.4 Å². The molecule has 0 saturated heterocycles. The summed E-state index contributed by atoms with van der Waals surface area (Å²) in [4.78, 5) is 3.51. The van der Waals surface area contributed by atoms with E-state index in [9.17, 15) is 0 Å². The number of nitrogens with two attached hydrogens (primary N) is 1. The number of anilines is 1. The molecule has 0 aliphatic rings. The summed E-state index contributed by atoms with van der Waals surface area (Å²) in [5, 5.41) is 0. The zero-order chi connectivity index (χ0) is 11.1. The van der Waals surface area contributed by atoms with E-state index in [1.165, 1.54) is 0 Å². The molecule has 0 spiro atoms. The van der Waals surface area contributed by atoms with E-state index in [0.29, 0.717) is 0 Å². The summed E-state index contributed by atoms with van der Waals surface area (Å²) in [6.45, 7) is -2.48. The Morgan fingerprint density at radius 3 is 3.33 bits per heavy atom. The molecule has 2 nitrogen and oxygen atoms in total. The topological polar surface area (TPSA) is 38.9 Å². The van der Waals surface area contributed by atoms with E-state index in [1.54, 1.807) is 0 Å². The van der Waals surface area contributed by atoms with Gasteiger partial charge >= 0.3 is 0 Å². The lowest BCUT2D eigenvalue weighted by Gasteiger charge is -1.94. The Hall–Kier alpha value is -0.570. The fourth-order valence-corrected chi connectivity index (χ4v) is 0.815. The molecule has 0 amide bonds. The summed E-state index contributed by atoms with van der Waals surface area (Å²) in [6.07, 6.45) is 0. The van der Waals surface area contributed by atoms with Crippen molar-refractivity contribution in [3.8, 4) is 0 Å². The Morgan fingerprint density at radius 2 is 2.67 bits per heavy atom. The second-order valence-electron chi connectivity index (χ2n) is 1.41. The van der Waals surface area contributed by atoms with Gasteiger partial charge in [0.2, 0.25) is 0 Å². The molecule has 3 heteroatoms. The molecule has 0 unspecified atom stereocenters. The molecule has 1 aromatic heterocycles. The van der Waals surface area contributed by atoms with Crippen LogP contribution in [0.3, 0.4) is 0 Å². The van der Waals surface area contributed by atoms with Gasteiger partial charge in [0.1, 0.15) is 5.82 Å². The van der Waals surface area contributed by atoms with Crippen LogP contribution in [0, 0.1) is 6.85 Å². The van der Waals surface area contributed by atoms with Crippen LogP contribution in [-0.2, 0) is 0 Å².